The Morgan fingerprint density at radius 1 is 0.839 bits per heavy atom. The molecule has 0 spiro atoms. The van der Waals surface area contributed by atoms with Crippen LogP contribution in [-0.2, 0) is 15.2 Å². The van der Waals surface area contributed by atoms with Crippen LogP contribution in [0.4, 0.5) is 0 Å². The Morgan fingerprint density at radius 2 is 1.45 bits per heavy atom. The monoisotopic (exact) mass is 480 g/mol. The molecular formula is C22H15Cl3O6. The predicted octanol–water partition coefficient (Wildman–Crippen LogP) is 5.10. The normalized spacial score (nSPS) is 15.9. The summed E-state index contributed by atoms with van der Waals surface area (Å²) >= 11 is 17.2. The quantitative estimate of drug-likeness (QED) is 0.479. The molecule has 160 valence electrons. The van der Waals surface area contributed by atoms with E-state index in [1.807, 2.05) is 6.07 Å². The second kappa shape index (κ2) is 9.16. The Bertz CT molecular complexity index is 1160. The zero-order valence-electron chi connectivity index (χ0n) is 15.7. The van der Waals surface area contributed by atoms with Gasteiger partial charge in [0.15, 0.2) is 6.61 Å². The number of hydrogen-bond acceptors (Lipinski definition) is 4. The molecule has 0 saturated carbocycles. The highest BCUT2D eigenvalue weighted by atomic mass is 35.5. The summed E-state index contributed by atoms with van der Waals surface area (Å²) in [5, 5.41) is 29.4. The van der Waals surface area contributed by atoms with Crippen molar-refractivity contribution in [3.8, 4) is 16.9 Å². The SMILES string of the molecule is O=C(O)C1(O)c2ccccc2-c2ccc(Cl)cc21.O=C(O)COc1ccc(Cl)cc1Cl. The van der Waals surface area contributed by atoms with Crippen molar-refractivity contribution < 1.29 is 29.6 Å². The third kappa shape index (κ3) is 4.62. The highest BCUT2D eigenvalue weighted by molar-refractivity contribution is 6.35. The fraction of sp³-hybridized carbons (Fsp3) is 0.0909. The van der Waals surface area contributed by atoms with Gasteiger partial charge in [-0.05, 0) is 41.5 Å². The first kappa shape index (κ1) is 22.9. The Kier molecular flexibility index (Phi) is 6.77. The van der Waals surface area contributed by atoms with Gasteiger partial charge in [-0.25, -0.2) is 9.59 Å². The molecule has 4 rings (SSSR count). The van der Waals surface area contributed by atoms with Gasteiger partial charge in [-0.1, -0.05) is 65.1 Å². The van der Waals surface area contributed by atoms with Gasteiger partial charge >= 0.3 is 11.9 Å². The van der Waals surface area contributed by atoms with Crippen molar-refractivity contribution in [2.45, 2.75) is 5.60 Å². The van der Waals surface area contributed by atoms with Crippen LogP contribution in [0.25, 0.3) is 11.1 Å². The second-order valence-corrected chi connectivity index (χ2v) is 7.79. The maximum Gasteiger partial charge on any atom is 0.345 e. The lowest BCUT2D eigenvalue weighted by molar-refractivity contribution is -0.154. The van der Waals surface area contributed by atoms with E-state index in [1.165, 1.54) is 18.2 Å². The Hall–Kier alpha value is -2.77. The molecular weight excluding hydrogens is 467 g/mol. The van der Waals surface area contributed by atoms with Gasteiger partial charge in [0.2, 0.25) is 5.60 Å². The van der Waals surface area contributed by atoms with Crippen LogP contribution in [0.5, 0.6) is 5.75 Å². The Morgan fingerprint density at radius 3 is 2.10 bits per heavy atom. The number of aliphatic carboxylic acids is 2. The van der Waals surface area contributed by atoms with Gasteiger partial charge in [0, 0.05) is 21.2 Å². The predicted molar refractivity (Wildman–Crippen MR) is 117 cm³/mol. The van der Waals surface area contributed by atoms with E-state index in [4.69, 9.17) is 44.6 Å². The summed E-state index contributed by atoms with van der Waals surface area (Å²) in [6, 6.07) is 16.4. The fourth-order valence-electron chi connectivity index (χ4n) is 3.19. The number of carboxylic acid groups (broad SMARTS) is 2. The van der Waals surface area contributed by atoms with E-state index in [0.29, 0.717) is 37.5 Å². The number of benzene rings is 3. The number of aliphatic hydroxyl groups is 1. The molecule has 31 heavy (non-hydrogen) atoms. The van der Waals surface area contributed by atoms with Crippen LogP contribution in [0.1, 0.15) is 11.1 Å². The molecule has 0 amide bonds. The van der Waals surface area contributed by atoms with E-state index in [0.717, 1.165) is 5.56 Å². The van der Waals surface area contributed by atoms with E-state index in [9.17, 15) is 19.8 Å². The topological polar surface area (TPSA) is 104 Å². The molecule has 0 aromatic heterocycles. The summed E-state index contributed by atoms with van der Waals surface area (Å²) in [6.45, 7) is -0.415. The molecule has 1 aliphatic carbocycles. The molecule has 3 N–H and O–H groups in total. The molecule has 1 unspecified atom stereocenters. The lowest BCUT2D eigenvalue weighted by atomic mass is 9.92. The van der Waals surface area contributed by atoms with Crippen molar-refractivity contribution in [2.75, 3.05) is 6.61 Å². The number of hydrogen-bond donors (Lipinski definition) is 3. The summed E-state index contributed by atoms with van der Waals surface area (Å²) in [5.74, 6) is -2.03. The van der Waals surface area contributed by atoms with Gasteiger partial charge in [0.05, 0.1) is 5.02 Å². The van der Waals surface area contributed by atoms with Gasteiger partial charge in [0.25, 0.3) is 0 Å². The molecule has 0 saturated heterocycles. The highest BCUT2D eigenvalue weighted by Crippen LogP contribution is 2.48. The average molecular weight is 482 g/mol. The van der Waals surface area contributed by atoms with Crippen LogP contribution in [0.3, 0.4) is 0 Å². The van der Waals surface area contributed by atoms with Crippen molar-refractivity contribution in [1.82, 2.24) is 0 Å². The minimum atomic E-state index is -2.02. The Balaban J connectivity index is 0.000000187. The molecule has 0 aliphatic heterocycles. The maximum atomic E-state index is 11.5. The van der Waals surface area contributed by atoms with Gasteiger partial charge in [-0.2, -0.15) is 0 Å². The summed E-state index contributed by atoms with van der Waals surface area (Å²) < 4.78 is 4.86. The summed E-state index contributed by atoms with van der Waals surface area (Å²) in [4.78, 5) is 21.6. The third-order valence-electron chi connectivity index (χ3n) is 4.53. The minimum absolute atomic E-state index is 0.300. The van der Waals surface area contributed by atoms with Gasteiger partial charge in [-0.3, -0.25) is 0 Å². The van der Waals surface area contributed by atoms with Crippen LogP contribution in [-0.4, -0.2) is 33.9 Å². The lowest BCUT2D eigenvalue weighted by Crippen LogP contribution is -2.34. The lowest BCUT2D eigenvalue weighted by Gasteiger charge is -2.20. The summed E-state index contributed by atoms with van der Waals surface area (Å²) in [7, 11) is 0. The molecule has 9 heteroatoms. The number of halogens is 3. The van der Waals surface area contributed by atoms with E-state index < -0.39 is 24.1 Å². The van der Waals surface area contributed by atoms with E-state index in [-0.39, 0.29) is 0 Å². The first-order chi connectivity index (χ1) is 14.6. The van der Waals surface area contributed by atoms with Crippen LogP contribution >= 0.6 is 34.8 Å². The van der Waals surface area contributed by atoms with Gasteiger partial charge in [0.1, 0.15) is 5.75 Å². The van der Waals surface area contributed by atoms with E-state index >= 15 is 0 Å². The third-order valence-corrected chi connectivity index (χ3v) is 5.30. The van der Waals surface area contributed by atoms with Gasteiger partial charge in [-0.15, -0.1) is 0 Å². The molecule has 1 atom stereocenters. The smallest absolute Gasteiger partial charge is 0.345 e. The van der Waals surface area contributed by atoms with E-state index in [1.54, 1.807) is 36.4 Å². The standard InChI is InChI=1S/C14H9ClO3.C8H6Cl2O3/c15-8-5-6-10-9-3-1-2-4-11(9)14(18,13(16)17)12(10)7-8;9-5-1-2-7(6(10)3-5)13-4-8(11)12/h1-7,18H,(H,16,17);1-3H,4H2,(H,11,12). The molecule has 3 aromatic rings. The number of ether oxygens (including phenoxy) is 1. The van der Waals surface area contributed by atoms with Crippen molar-refractivity contribution in [1.29, 1.82) is 0 Å². The molecule has 0 heterocycles. The molecule has 6 nitrogen and oxygen atoms in total. The van der Waals surface area contributed by atoms with Crippen molar-refractivity contribution in [3.63, 3.8) is 0 Å². The van der Waals surface area contributed by atoms with Crippen LogP contribution in [0.15, 0.2) is 60.7 Å². The zero-order valence-corrected chi connectivity index (χ0v) is 17.9. The zero-order chi connectivity index (χ0) is 22.8. The van der Waals surface area contributed by atoms with Gasteiger partial charge < -0.3 is 20.1 Å². The van der Waals surface area contributed by atoms with Crippen LogP contribution in [0.2, 0.25) is 15.1 Å². The number of fused-ring (bicyclic) bond motifs is 3. The first-order valence-corrected chi connectivity index (χ1v) is 9.93. The fourth-order valence-corrected chi connectivity index (χ4v) is 3.83. The van der Waals surface area contributed by atoms with Crippen LogP contribution < -0.4 is 4.74 Å². The molecule has 1 aliphatic rings. The molecule has 0 fully saturated rings. The van der Waals surface area contributed by atoms with E-state index in [2.05, 4.69) is 0 Å². The second-order valence-electron chi connectivity index (χ2n) is 6.51. The molecule has 3 aromatic carbocycles. The minimum Gasteiger partial charge on any atom is -0.480 e. The largest absolute Gasteiger partial charge is 0.480 e. The average Bonchev–Trinajstić information content (AvgIpc) is 2.97. The number of rotatable bonds is 4. The van der Waals surface area contributed by atoms with Crippen LogP contribution in [0, 0.1) is 0 Å². The maximum absolute atomic E-state index is 11.5. The Labute approximate surface area is 192 Å². The molecule has 0 radical (unpaired) electrons. The van der Waals surface area contributed by atoms with Crippen molar-refractivity contribution in [2.24, 2.45) is 0 Å². The number of carboxylic acids is 2. The first-order valence-electron chi connectivity index (χ1n) is 8.80. The summed E-state index contributed by atoms with van der Waals surface area (Å²) in [5.41, 5.74) is 0.129. The summed E-state index contributed by atoms with van der Waals surface area (Å²) in [6.07, 6.45) is 0. The number of carbonyl (C=O) groups is 2. The highest BCUT2D eigenvalue weighted by Gasteiger charge is 2.48. The molecule has 0 bridgehead atoms. The van der Waals surface area contributed by atoms with Crippen molar-refractivity contribution >= 4 is 46.7 Å². The van der Waals surface area contributed by atoms with Crippen molar-refractivity contribution in [3.05, 3.63) is 86.9 Å².